The maximum absolute atomic E-state index is 12.0. The minimum absolute atomic E-state index is 0.218. The van der Waals surface area contributed by atoms with Crippen LogP contribution in [0.25, 0.3) is 0 Å². The van der Waals surface area contributed by atoms with Gasteiger partial charge in [-0.1, -0.05) is 52.3 Å². The van der Waals surface area contributed by atoms with Gasteiger partial charge in [0.15, 0.2) is 0 Å². The van der Waals surface area contributed by atoms with Crippen LogP contribution >= 0.6 is 15.9 Å². The molecule has 0 saturated heterocycles. The van der Waals surface area contributed by atoms with E-state index in [-0.39, 0.29) is 6.42 Å². The first-order chi connectivity index (χ1) is 10.1. The number of halogens is 1. The molecule has 4 nitrogen and oxygen atoms in total. The molecule has 1 amide bonds. The van der Waals surface area contributed by atoms with E-state index in [1.165, 1.54) is 0 Å². The van der Waals surface area contributed by atoms with Gasteiger partial charge in [-0.25, -0.2) is 4.79 Å². The molecule has 0 aliphatic heterocycles. The minimum atomic E-state index is -1.06. The van der Waals surface area contributed by atoms with Crippen LogP contribution in [0.3, 0.4) is 0 Å². The number of carboxylic acids is 1. The molecule has 0 aliphatic rings. The van der Waals surface area contributed by atoms with E-state index >= 15 is 0 Å². The molecule has 21 heavy (non-hydrogen) atoms. The Morgan fingerprint density at radius 2 is 1.67 bits per heavy atom. The van der Waals surface area contributed by atoms with Gasteiger partial charge in [-0.15, -0.1) is 0 Å². The van der Waals surface area contributed by atoms with Crippen molar-refractivity contribution in [2.24, 2.45) is 0 Å². The summed E-state index contributed by atoms with van der Waals surface area (Å²) < 4.78 is 0.824. The van der Waals surface area contributed by atoms with Gasteiger partial charge in [-0.3, -0.25) is 4.79 Å². The molecule has 1 atom stereocenters. The molecule has 2 aromatic rings. The molecule has 0 bridgehead atoms. The molecular weight excluding hydrogens is 334 g/mol. The molecule has 0 saturated carbocycles. The van der Waals surface area contributed by atoms with Crippen molar-refractivity contribution in [3.05, 3.63) is 70.2 Å². The monoisotopic (exact) mass is 347 g/mol. The van der Waals surface area contributed by atoms with Crippen LogP contribution in [0.2, 0.25) is 0 Å². The van der Waals surface area contributed by atoms with Crippen molar-refractivity contribution in [3.8, 4) is 0 Å². The Bertz CT molecular complexity index is 643. The molecule has 0 spiro atoms. The number of carbonyl (C=O) groups excluding carboxylic acids is 1. The highest BCUT2D eigenvalue weighted by atomic mass is 79.9. The maximum atomic E-state index is 12.0. The van der Waals surface area contributed by atoms with Crippen molar-refractivity contribution < 1.29 is 14.7 Å². The zero-order valence-electron chi connectivity index (χ0n) is 11.1. The van der Waals surface area contributed by atoms with E-state index in [1.807, 2.05) is 24.3 Å². The standard InChI is InChI=1S/C16H14BrNO3/c17-13-9-5-4-8-12(13)10-14(16(20)21)18-15(19)11-6-2-1-3-7-11/h1-9,14H,10H2,(H,18,19)(H,20,21)/t14-/m0/s1. The fraction of sp³-hybridized carbons (Fsp3) is 0.125. The highest BCUT2D eigenvalue weighted by Gasteiger charge is 2.21. The summed E-state index contributed by atoms with van der Waals surface area (Å²) in [4.78, 5) is 23.4. The summed E-state index contributed by atoms with van der Waals surface area (Å²) in [7, 11) is 0. The summed E-state index contributed by atoms with van der Waals surface area (Å²) >= 11 is 3.38. The molecular formula is C16H14BrNO3. The van der Waals surface area contributed by atoms with Crippen LogP contribution in [0.5, 0.6) is 0 Å². The second kappa shape index (κ2) is 7.04. The van der Waals surface area contributed by atoms with Gasteiger partial charge in [0.1, 0.15) is 6.04 Å². The molecule has 0 heterocycles. The van der Waals surface area contributed by atoms with E-state index in [1.54, 1.807) is 30.3 Å². The molecule has 0 aromatic heterocycles. The largest absolute Gasteiger partial charge is 0.480 e. The Morgan fingerprint density at radius 1 is 1.05 bits per heavy atom. The lowest BCUT2D eigenvalue weighted by Gasteiger charge is -2.15. The van der Waals surface area contributed by atoms with E-state index in [4.69, 9.17) is 0 Å². The minimum Gasteiger partial charge on any atom is -0.480 e. The third-order valence-corrected chi connectivity index (χ3v) is 3.79. The van der Waals surface area contributed by atoms with Gasteiger partial charge >= 0.3 is 5.97 Å². The fourth-order valence-electron chi connectivity index (χ4n) is 1.92. The predicted octanol–water partition coefficient (Wildman–Crippen LogP) is 2.87. The fourth-order valence-corrected chi connectivity index (χ4v) is 2.36. The quantitative estimate of drug-likeness (QED) is 0.873. The van der Waals surface area contributed by atoms with Crippen molar-refractivity contribution in [1.82, 2.24) is 5.32 Å². The summed E-state index contributed by atoms with van der Waals surface area (Å²) in [6.07, 6.45) is 0.218. The van der Waals surface area contributed by atoms with Gasteiger partial charge < -0.3 is 10.4 Å². The Morgan fingerprint density at radius 3 is 2.29 bits per heavy atom. The molecule has 0 aliphatic carbocycles. The van der Waals surface area contributed by atoms with Crippen molar-refractivity contribution >= 4 is 27.8 Å². The third-order valence-electron chi connectivity index (χ3n) is 3.02. The van der Waals surface area contributed by atoms with Gasteiger partial charge in [0.25, 0.3) is 5.91 Å². The Labute approximate surface area is 130 Å². The summed E-state index contributed by atoms with van der Waals surface area (Å²) in [5, 5.41) is 11.8. The van der Waals surface area contributed by atoms with E-state index in [9.17, 15) is 14.7 Å². The molecule has 2 aromatic carbocycles. The molecule has 2 rings (SSSR count). The van der Waals surface area contributed by atoms with Gasteiger partial charge in [0.2, 0.25) is 0 Å². The lowest BCUT2D eigenvalue weighted by molar-refractivity contribution is -0.139. The van der Waals surface area contributed by atoms with Gasteiger partial charge in [0.05, 0.1) is 0 Å². The zero-order chi connectivity index (χ0) is 15.2. The molecule has 2 N–H and O–H groups in total. The van der Waals surface area contributed by atoms with Crippen LogP contribution < -0.4 is 5.32 Å². The summed E-state index contributed by atoms with van der Waals surface area (Å²) in [6, 6.07) is 14.9. The van der Waals surface area contributed by atoms with Gasteiger partial charge in [-0.2, -0.15) is 0 Å². The van der Waals surface area contributed by atoms with Crippen LogP contribution in [0, 0.1) is 0 Å². The summed E-state index contributed by atoms with van der Waals surface area (Å²) in [6.45, 7) is 0. The van der Waals surface area contributed by atoms with Crippen molar-refractivity contribution in [1.29, 1.82) is 0 Å². The van der Waals surface area contributed by atoms with E-state index in [0.717, 1.165) is 10.0 Å². The molecule has 5 heteroatoms. The van der Waals surface area contributed by atoms with Crippen LogP contribution in [-0.4, -0.2) is 23.0 Å². The topological polar surface area (TPSA) is 66.4 Å². The van der Waals surface area contributed by atoms with Crippen molar-refractivity contribution in [2.75, 3.05) is 0 Å². The van der Waals surface area contributed by atoms with Gasteiger partial charge in [-0.05, 0) is 23.8 Å². The number of rotatable bonds is 5. The lowest BCUT2D eigenvalue weighted by Crippen LogP contribution is -2.42. The van der Waals surface area contributed by atoms with Crippen LogP contribution in [0.15, 0.2) is 59.1 Å². The average molecular weight is 348 g/mol. The smallest absolute Gasteiger partial charge is 0.326 e. The SMILES string of the molecule is O=C(N[C@@H](Cc1ccccc1Br)C(=O)O)c1ccccc1. The second-order valence-corrected chi connectivity index (χ2v) is 5.38. The van der Waals surface area contributed by atoms with Crippen molar-refractivity contribution in [2.45, 2.75) is 12.5 Å². The first kappa shape index (κ1) is 15.3. The first-order valence-corrected chi connectivity index (χ1v) is 7.19. The number of amides is 1. The number of carboxylic acid groups (broad SMARTS) is 1. The molecule has 108 valence electrons. The normalized spacial score (nSPS) is 11.7. The van der Waals surface area contributed by atoms with Crippen LogP contribution in [0.4, 0.5) is 0 Å². The van der Waals surface area contributed by atoms with E-state index < -0.39 is 17.9 Å². The van der Waals surface area contributed by atoms with Crippen molar-refractivity contribution in [3.63, 3.8) is 0 Å². The Hall–Kier alpha value is -2.14. The van der Waals surface area contributed by atoms with Crippen LogP contribution in [0.1, 0.15) is 15.9 Å². The Balaban J connectivity index is 2.12. The molecule has 0 radical (unpaired) electrons. The first-order valence-electron chi connectivity index (χ1n) is 6.40. The highest BCUT2D eigenvalue weighted by Crippen LogP contribution is 2.17. The zero-order valence-corrected chi connectivity index (χ0v) is 12.7. The number of hydrogen-bond acceptors (Lipinski definition) is 2. The predicted molar refractivity (Wildman–Crippen MR) is 83.2 cm³/mol. The maximum Gasteiger partial charge on any atom is 0.326 e. The number of nitrogens with one attached hydrogen (secondary N) is 1. The second-order valence-electron chi connectivity index (χ2n) is 4.53. The number of hydrogen-bond donors (Lipinski definition) is 2. The Kier molecular flexibility index (Phi) is 5.11. The number of benzene rings is 2. The summed E-state index contributed by atoms with van der Waals surface area (Å²) in [5.41, 5.74) is 1.27. The van der Waals surface area contributed by atoms with Gasteiger partial charge in [0, 0.05) is 16.5 Å². The van der Waals surface area contributed by atoms with Crippen LogP contribution in [-0.2, 0) is 11.2 Å². The number of carbonyl (C=O) groups is 2. The molecule has 0 fully saturated rings. The third kappa shape index (κ3) is 4.16. The average Bonchev–Trinajstić information content (AvgIpc) is 2.49. The molecule has 0 unspecified atom stereocenters. The van der Waals surface area contributed by atoms with E-state index in [0.29, 0.717) is 5.56 Å². The summed E-state index contributed by atoms with van der Waals surface area (Å²) in [5.74, 6) is -1.45. The number of aliphatic carboxylic acids is 1. The lowest BCUT2D eigenvalue weighted by atomic mass is 10.1. The highest BCUT2D eigenvalue weighted by molar-refractivity contribution is 9.10. The van der Waals surface area contributed by atoms with E-state index in [2.05, 4.69) is 21.2 Å².